The predicted octanol–water partition coefficient (Wildman–Crippen LogP) is 15.5. The highest BCUT2D eigenvalue weighted by Crippen LogP contribution is 2.52. The van der Waals surface area contributed by atoms with Gasteiger partial charge in [-0.2, -0.15) is 0 Å². The highest BCUT2D eigenvalue weighted by atomic mass is 19.1. The lowest BCUT2D eigenvalue weighted by Crippen LogP contribution is -2.18. The fourth-order valence-corrected chi connectivity index (χ4v) is 15.6. The first-order valence-electron chi connectivity index (χ1n) is 32.6. The zero-order valence-electron chi connectivity index (χ0n) is 49.0. The van der Waals surface area contributed by atoms with Crippen LogP contribution in [0.15, 0.2) is 99.1 Å². The lowest BCUT2D eigenvalue weighted by molar-refractivity contribution is 0.0848. The number of aliphatic hydroxyl groups is 4. The molecule has 4 unspecified atom stereocenters. The van der Waals surface area contributed by atoms with E-state index in [-0.39, 0.29) is 23.7 Å². The number of halogens is 4. The molecule has 8 aliphatic rings. The maximum Gasteiger partial charge on any atom is 0.108 e. The lowest BCUT2D eigenvalue weighted by atomic mass is 9.81. The molecule has 8 fully saturated rings. The average Bonchev–Trinajstić information content (AvgIpc) is 3.65. The van der Waals surface area contributed by atoms with E-state index in [0.29, 0.717) is 49.4 Å². The number of nitrogens with zero attached hydrogens (tertiary/aromatic N) is 8. The fraction of sp³-hybridized carbons (Fsp3) is 0.594. The summed E-state index contributed by atoms with van der Waals surface area (Å²) in [6.45, 7) is 0. The molecule has 4 N–H and O–H groups in total. The minimum Gasteiger partial charge on any atom is -0.388 e. The Bertz CT molecular complexity index is 3250. The highest BCUT2D eigenvalue weighted by Gasteiger charge is 2.45. The van der Waals surface area contributed by atoms with Crippen LogP contribution in [0.2, 0.25) is 0 Å². The molecule has 8 aromatic rings. The number of pyridine rings is 4. The van der Waals surface area contributed by atoms with Gasteiger partial charge in [-0.25, -0.2) is 37.5 Å². The summed E-state index contributed by atoms with van der Waals surface area (Å²) in [7, 11) is 0. The van der Waals surface area contributed by atoms with Crippen LogP contribution in [0.5, 0.6) is 0 Å². The molecule has 12 nitrogen and oxygen atoms in total. The molecule has 12 atom stereocenters. The second-order valence-electron chi connectivity index (χ2n) is 26.7. The Kier molecular flexibility index (Phi) is 17.6. The van der Waals surface area contributed by atoms with Crippen LogP contribution >= 0.6 is 0 Å². The molecular formula is C69H86F4N8O4. The van der Waals surface area contributed by atoms with Crippen molar-refractivity contribution in [3.63, 3.8) is 0 Å². The summed E-state index contributed by atoms with van der Waals surface area (Å²) in [6.07, 6.45) is 43.7. The molecule has 16 heteroatoms. The largest absolute Gasteiger partial charge is 0.388 e. The van der Waals surface area contributed by atoms with Crippen LogP contribution in [-0.2, 0) is 0 Å². The average molecular weight is 1170 g/mol. The maximum atomic E-state index is 13.6. The van der Waals surface area contributed by atoms with E-state index in [1.807, 2.05) is 66.7 Å². The molecule has 8 saturated carbocycles. The van der Waals surface area contributed by atoms with Crippen LogP contribution in [0.1, 0.15) is 253 Å². The number of fused-ring (bicyclic) bond motifs is 4. The van der Waals surface area contributed by atoms with Crippen molar-refractivity contribution in [1.82, 2.24) is 37.5 Å². The molecule has 0 aliphatic heterocycles. The summed E-state index contributed by atoms with van der Waals surface area (Å²) in [6, 6.07) is 7.89. The number of aromatic nitrogens is 8. The molecule has 454 valence electrons. The first-order valence-corrected chi connectivity index (χ1v) is 32.6. The van der Waals surface area contributed by atoms with E-state index < -0.39 is 49.1 Å². The standard InChI is InChI=1S/C18H23FN2O.3C17H21FN2O/c19-15-9-14(15)13-6-7-21-11-20-10-16(21)18(13)17(22)8-12-4-2-1-3-5-12;3*18-14-8-13(14)12-6-7-20-10-19-9-15(20)16(12)17(21)11-4-2-1-3-5-11/h6-7,10-12,14-15,17,22H,1-5,8-9H2;3*6-7,9-11,13-14,17,21H,1-5,8H2/t14-,15-,17?;3*13-,14-,17?/m1111/s1. The number of hydrogen-bond acceptors (Lipinski definition) is 8. The van der Waals surface area contributed by atoms with E-state index >= 15 is 0 Å². The van der Waals surface area contributed by atoms with E-state index in [4.69, 9.17) is 0 Å². The third-order valence-electron chi connectivity index (χ3n) is 20.9. The second-order valence-corrected chi connectivity index (χ2v) is 26.7. The molecule has 85 heavy (non-hydrogen) atoms. The highest BCUT2D eigenvalue weighted by molar-refractivity contribution is 5.63. The monoisotopic (exact) mass is 1170 g/mol. The van der Waals surface area contributed by atoms with E-state index in [2.05, 4.69) is 19.9 Å². The quantitative estimate of drug-likeness (QED) is 0.0834. The summed E-state index contributed by atoms with van der Waals surface area (Å²) < 4.78 is 62.0. The Morgan fingerprint density at radius 1 is 0.365 bits per heavy atom. The van der Waals surface area contributed by atoms with Crippen molar-refractivity contribution >= 4 is 22.1 Å². The molecule has 0 bridgehead atoms. The summed E-state index contributed by atoms with van der Waals surface area (Å²) in [5.41, 5.74) is 11.4. The topological polar surface area (TPSA) is 150 Å². The van der Waals surface area contributed by atoms with Gasteiger partial charge in [0.05, 0.1) is 96.6 Å². The molecule has 8 heterocycles. The second kappa shape index (κ2) is 25.6. The minimum atomic E-state index is -0.744. The van der Waals surface area contributed by atoms with Crippen LogP contribution in [0.3, 0.4) is 0 Å². The SMILES string of the molecule is OC(CC1CCCCC1)c1c([C@H]2C[C@H]2F)ccn2cncc12.OC(c1c([C@H]2C[C@H]2F)ccn2cncc12)C1CCCCC1.OC(c1c([C@H]2C[C@H]2F)ccn2cncc12)C1CCCCC1.OC(c1c([C@H]2C[C@H]2F)ccn2cncc12)C1CCCCC1. The van der Waals surface area contributed by atoms with Crippen molar-refractivity contribution in [3.8, 4) is 0 Å². The lowest BCUT2D eigenvalue weighted by Gasteiger charge is -2.28. The molecule has 8 aromatic heterocycles. The van der Waals surface area contributed by atoms with Gasteiger partial charge in [0, 0.05) is 70.7 Å². The van der Waals surface area contributed by atoms with Gasteiger partial charge < -0.3 is 38.0 Å². The zero-order chi connectivity index (χ0) is 58.3. The van der Waals surface area contributed by atoms with E-state index in [0.717, 1.165) is 112 Å². The van der Waals surface area contributed by atoms with Gasteiger partial charge in [-0.1, -0.05) is 89.9 Å². The first kappa shape index (κ1) is 58.3. The van der Waals surface area contributed by atoms with Gasteiger partial charge in [0.2, 0.25) is 0 Å². The predicted molar refractivity (Wildman–Crippen MR) is 321 cm³/mol. The van der Waals surface area contributed by atoms with Gasteiger partial charge in [-0.05, 0) is 141 Å². The van der Waals surface area contributed by atoms with Crippen LogP contribution in [0.25, 0.3) is 22.1 Å². The van der Waals surface area contributed by atoms with Crippen molar-refractivity contribution < 1.29 is 38.0 Å². The first-order chi connectivity index (χ1) is 41.5. The van der Waals surface area contributed by atoms with Crippen molar-refractivity contribution in [2.75, 3.05) is 0 Å². The molecule has 0 radical (unpaired) electrons. The van der Waals surface area contributed by atoms with Gasteiger partial charge in [0.1, 0.15) is 24.7 Å². The summed E-state index contributed by atoms with van der Waals surface area (Å²) >= 11 is 0. The number of hydrogen-bond donors (Lipinski definition) is 4. The van der Waals surface area contributed by atoms with Gasteiger partial charge >= 0.3 is 0 Å². The Morgan fingerprint density at radius 2 is 0.612 bits per heavy atom. The number of imidazole rings is 4. The van der Waals surface area contributed by atoms with Gasteiger partial charge in [-0.3, -0.25) is 0 Å². The van der Waals surface area contributed by atoms with Crippen LogP contribution < -0.4 is 0 Å². The molecule has 0 aromatic carbocycles. The van der Waals surface area contributed by atoms with Crippen molar-refractivity contribution in [3.05, 3.63) is 144 Å². The molecule has 16 rings (SSSR count). The number of aliphatic hydroxyl groups excluding tert-OH is 4. The number of rotatable bonds is 13. The summed E-state index contributed by atoms with van der Waals surface area (Å²) in [5, 5.41) is 43.7. The Hall–Kier alpha value is -5.68. The molecule has 8 aliphatic carbocycles. The van der Waals surface area contributed by atoms with E-state index in [9.17, 15) is 38.0 Å². The van der Waals surface area contributed by atoms with E-state index in [1.54, 1.807) is 50.1 Å². The normalized spacial score (nSPS) is 27.7. The minimum absolute atomic E-state index is 0.0295. The summed E-state index contributed by atoms with van der Waals surface area (Å²) in [4.78, 5) is 16.8. The Labute approximate surface area is 496 Å². The van der Waals surface area contributed by atoms with Crippen LogP contribution in [0, 0.1) is 23.7 Å². The van der Waals surface area contributed by atoms with Gasteiger partial charge in [0.15, 0.2) is 0 Å². The van der Waals surface area contributed by atoms with Gasteiger partial charge in [0.25, 0.3) is 0 Å². The maximum absolute atomic E-state index is 13.6. The summed E-state index contributed by atoms with van der Waals surface area (Å²) in [5.74, 6) is 1.38. The molecular weight excluding hydrogens is 1080 g/mol. The van der Waals surface area contributed by atoms with Gasteiger partial charge in [-0.15, -0.1) is 0 Å². The van der Waals surface area contributed by atoms with Crippen molar-refractivity contribution in [2.24, 2.45) is 23.7 Å². The molecule has 0 spiro atoms. The van der Waals surface area contributed by atoms with Crippen LogP contribution in [-0.4, -0.2) is 82.7 Å². The molecule has 0 saturated heterocycles. The Balaban J connectivity index is 0.000000105. The van der Waals surface area contributed by atoms with E-state index in [1.165, 1.54) is 89.9 Å². The van der Waals surface area contributed by atoms with Crippen LogP contribution in [0.4, 0.5) is 17.6 Å². The third-order valence-corrected chi connectivity index (χ3v) is 20.9. The smallest absolute Gasteiger partial charge is 0.108 e. The Morgan fingerprint density at radius 3 is 0.882 bits per heavy atom. The number of alkyl halides is 4. The fourth-order valence-electron chi connectivity index (χ4n) is 15.6. The van der Waals surface area contributed by atoms with Crippen molar-refractivity contribution in [2.45, 2.75) is 233 Å². The molecule has 0 amide bonds. The zero-order valence-corrected chi connectivity index (χ0v) is 49.0. The third kappa shape index (κ3) is 12.6. The van der Waals surface area contributed by atoms with Crippen molar-refractivity contribution in [1.29, 1.82) is 0 Å².